The van der Waals surface area contributed by atoms with Gasteiger partial charge in [0.25, 0.3) is 0 Å². The molecule has 1 aliphatic heterocycles. The van der Waals surface area contributed by atoms with Gasteiger partial charge in [-0.15, -0.1) is 0 Å². The zero-order valence-corrected chi connectivity index (χ0v) is 29.7. The first-order chi connectivity index (χ1) is 25.8. The van der Waals surface area contributed by atoms with E-state index in [9.17, 15) is 44.3 Å². The second-order valence-electron chi connectivity index (χ2n) is 13.2. The van der Waals surface area contributed by atoms with E-state index in [0.717, 1.165) is 17.7 Å². The molecule has 2 heterocycles. The molecule has 0 radical (unpaired) electrons. The summed E-state index contributed by atoms with van der Waals surface area (Å²) in [5.41, 5.74) is -2.74. The molecule has 0 spiro atoms. The summed E-state index contributed by atoms with van der Waals surface area (Å²) in [4.78, 5) is 22.9. The Kier molecular flexibility index (Phi) is 12.5. The highest BCUT2D eigenvalue weighted by molar-refractivity contribution is 5.75. The van der Waals surface area contributed by atoms with E-state index < -0.39 is 59.8 Å². The predicted octanol–water partition coefficient (Wildman–Crippen LogP) is 9.61. The lowest BCUT2D eigenvalue weighted by atomic mass is 9.92. The zero-order chi connectivity index (χ0) is 40.1. The van der Waals surface area contributed by atoms with Gasteiger partial charge in [-0.3, -0.25) is 4.79 Å². The van der Waals surface area contributed by atoms with E-state index in [1.807, 2.05) is 18.7 Å². The van der Waals surface area contributed by atoms with Gasteiger partial charge in [0, 0.05) is 38.2 Å². The molecule has 17 heteroatoms. The molecule has 3 aromatic carbocycles. The van der Waals surface area contributed by atoms with Crippen LogP contribution in [0.2, 0.25) is 0 Å². The fourth-order valence-electron chi connectivity index (χ4n) is 6.01. The number of aliphatic carboxylic acids is 1. The van der Waals surface area contributed by atoms with E-state index in [-0.39, 0.29) is 54.3 Å². The summed E-state index contributed by atoms with van der Waals surface area (Å²) in [6, 6.07) is 9.10. The third-order valence-corrected chi connectivity index (χ3v) is 8.85. The molecule has 296 valence electrons. The number of morpholine rings is 1. The molecule has 8 nitrogen and oxygen atoms in total. The van der Waals surface area contributed by atoms with Gasteiger partial charge in [-0.2, -0.15) is 39.5 Å². The van der Waals surface area contributed by atoms with Crippen molar-refractivity contribution in [1.82, 2.24) is 9.97 Å². The molecule has 5 rings (SSSR count). The molecule has 0 amide bonds. The van der Waals surface area contributed by atoms with Crippen LogP contribution >= 0.6 is 0 Å². The first-order valence-electron chi connectivity index (χ1n) is 17.2. The van der Waals surface area contributed by atoms with Gasteiger partial charge in [0.15, 0.2) is 0 Å². The van der Waals surface area contributed by atoms with Crippen molar-refractivity contribution in [2.45, 2.75) is 64.2 Å². The Bertz CT molecular complexity index is 1910. The van der Waals surface area contributed by atoms with Gasteiger partial charge in [-0.1, -0.05) is 26.0 Å². The number of alkyl halides is 9. The van der Waals surface area contributed by atoms with Gasteiger partial charge >= 0.3 is 24.5 Å². The molecular formula is C38H37F9N4O4. The zero-order valence-electron chi connectivity index (χ0n) is 29.7. The molecular weight excluding hydrogens is 747 g/mol. The molecule has 1 N–H and O–H groups in total. The number of carbonyl (C=O) groups is 1. The predicted molar refractivity (Wildman–Crippen MR) is 185 cm³/mol. The summed E-state index contributed by atoms with van der Waals surface area (Å²) in [5.74, 6) is -1.04. The molecule has 0 aliphatic carbocycles. The van der Waals surface area contributed by atoms with Crippen LogP contribution in [0.4, 0.5) is 51.1 Å². The number of rotatable bonds is 13. The second-order valence-corrected chi connectivity index (χ2v) is 13.2. The van der Waals surface area contributed by atoms with Crippen molar-refractivity contribution in [2.75, 3.05) is 42.7 Å². The quantitative estimate of drug-likeness (QED) is 0.106. The number of nitrogens with zero attached hydrogens (tertiary/aromatic N) is 4. The van der Waals surface area contributed by atoms with E-state index >= 15 is 0 Å². The smallest absolute Gasteiger partial charge is 0.416 e. The second kappa shape index (κ2) is 16.8. The first-order valence-corrected chi connectivity index (χ1v) is 17.2. The van der Waals surface area contributed by atoms with Crippen molar-refractivity contribution < 1.29 is 58.9 Å². The fourth-order valence-corrected chi connectivity index (χ4v) is 6.01. The highest BCUT2D eigenvalue weighted by Gasteiger charge is 2.37. The van der Waals surface area contributed by atoms with Crippen molar-refractivity contribution in [3.63, 3.8) is 0 Å². The minimum atomic E-state index is -5.15. The Morgan fingerprint density at radius 1 is 0.818 bits per heavy atom. The summed E-state index contributed by atoms with van der Waals surface area (Å²) in [5, 5.41) is 9.06. The molecule has 0 bridgehead atoms. The molecule has 4 aromatic rings. The van der Waals surface area contributed by atoms with Crippen LogP contribution in [0.5, 0.6) is 5.75 Å². The molecule has 1 saturated heterocycles. The van der Waals surface area contributed by atoms with Crippen LogP contribution in [0.1, 0.15) is 66.0 Å². The number of carboxylic acids is 1. The van der Waals surface area contributed by atoms with Gasteiger partial charge < -0.3 is 24.4 Å². The number of anilines is 2. The van der Waals surface area contributed by atoms with Crippen LogP contribution in [0.25, 0.3) is 11.1 Å². The van der Waals surface area contributed by atoms with Gasteiger partial charge in [0.1, 0.15) is 5.75 Å². The van der Waals surface area contributed by atoms with E-state index in [4.69, 9.17) is 14.6 Å². The number of hydrogen-bond donors (Lipinski definition) is 1. The number of halogens is 9. The van der Waals surface area contributed by atoms with Crippen molar-refractivity contribution >= 4 is 17.6 Å². The van der Waals surface area contributed by atoms with Crippen LogP contribution in [0.3, 0.4) is 0 Å². The standard InChI is InChI=1S/C38H37F9N4O4/c1-23(2)25-5-8-33(55-11-3-4-34(52)53)32(17-25)31-7-6-27(36(39,40)41)16-26(31)22-51(35-48-19-30(20-49-35)50-9-12-54-13-10-50)21-24-14-28(37(42,43)44)18-29(15-24)38(45,46)47/h5-8,14-20,23H,3-4,9-13,21-22H2,1-2H3,(H,52,53). The van der Waals surface area contributed by atoms with Crippen LogP contribution in [0.15, 0.2) is 67.0 Å². The minimum Gasteiger partial charge on any atom is -0.493 e. The summed E-state index contributed by atoms with van der Waals surface area (Å²) < 4.78 is 137. The lowest BCUT2D eigenvalue weighted by Crippen LogP contribution is -2.36. The van der Waals surface area contributed by atoms with Crippen LogP contribution in [-0.4, -0.2) is 54.0 Å². The lowest BCUT2D eigenvalue weighted by molar-refractivity contribution is -0.143. The van der Waals surface area contributed by atoms with E-state index in [1.54, 1.807) is 18.2 Å². The molecule has 1 aliphatic rings. The molecule has 0 atom stereocenters. The van der Waals surface area contributed by atoms with E-state index in [0.29, 0.717) is 49.7 Å². The van der Waals surface area contributed by atoms with Gasteiger partial charge in [-0.25, -0.2) is 9.97 Å². The number of carboxylic acid groups (broad SMARTS) is 1. The maximum absolute atomic E-state index is 14.2. The Morgan fingerprint density at radius 3 is 2.00 bits per heavy atom. The van der Waals surface area contributed by atoms with E-state index in [2.05, 4.69) is 9.97 Å². The summed E-state index contributed by atoms with van der Waals surface area (Å²) in [7, 11) is 0. The lowest BCUT2D eigenvalue weighted by Gasteiger charge is -2.29. The molecule has 0 unspecified atom stereocenters. The third-order valence-electron chi connectivity index (χ3n) is 8.85. The number of ether oxygens (including phenoxy) is 2. The molecule has 1 fully saturated rings. The van der Waals surface area contributed by atoms with Gasteiger partial charge in [-0.05, 0) is 77.1 Å². The average molecular weight is 785 g/mol. The Morgan fingerprint density at radius 2 is 1.44 bits per heavy atom. The van der Waals surface area contributed by atoms with Gasteiger partial charge in [0.2, 0.25) is 5.95 Å². The third kappa shape index (κ3) is 10.8. The topological polar surface area (TPSA) is 88.0 Å². The minimum absolute atomic E-state index is 0.00786. The maximum Gasteiger partial charge on any atom is 0.416 e. The number of aromatic nitrogens is 2. The van der Waals surface area contributed by atoms with Crippen LogP contribution < -0.4 is 14.5 Å². The Labute approximate surface area is 310 Å². The maximum atomic E-state index is 14.2. The molecule has 1 aromatic heterocycles. The highest BCUT2D eigenvalue weighted by atomic mass is 19.4. The fraction of sp³-hybridized carbons (Fsp3) is 0.395. The summed E-state index contributed by atoms with van der Waals surface area (Å²) >= 11 is 0. The average Bonchev–Trinajstić information content (AvgIpc) is 3.12. The highest BCUT2D eigenvalue weighted by Crippen LogP contribution is 2.41. The van der Waals surface area contributed by atoms with Crippen LogP contribution in [-0.2, 0) is 41.1 Å². The van der Waals surface area contributed by atoms with E-state index in [1.165, 1.54) is 23.4 Å². The number of benzene rings is 3. The SMILES string of the molecule is CC(C)c1ccc(OCCCC(=O)O)c(-c2ccc(C(F)(F)F)cc2CN(Cc2cc(C(F)(F)F)cc(C(F)(F)F)c2)c2ncc(N3CCOCC3)cn2)c1. The molecule has 0 saturated carbocycles. The number of hydrogen-bond acceptors (Lipinski definition) is 7. The van der Waals surface area contributed by atoms with Crippen LogP contribution in [0, 0.1) is 0 Å². The largest absolute Gasteiger partial charge is 0.493 e. The van der Waals surface area contributed by atoms with Crippen molar-refractivity contribution in [3.8, 4) is 16.9 Å². The van der Waals surface area contributed by atoms with Crippen molar-refractivity contribution in [3.05, 3.63) is 100 Å². The molecule has 55 heavy (non-hydrogen) atoms. The summed E-state index contributed by atoms with van der Waals surface area (Å²) in [6.07, 6.45) is -12.4. The first kappa shape index (κ1) is 41.1. The van der Waals surface area contributed by atoms with Crippen molar-refractivity contribution in [1.29, 1.82) is 0 Å². The van der Waals surface area contributed by atoms with Gasteiger partial charge in [0.05, 0.1) is 54.6 Å². The monoisotopic (exact) mass is 784 g/mol. The summed E-state index contributed by atoms with van der Waals surface area (Å²) in [6.45, 7) is 4.43. The van der Waals surface area contributed by atoms with Crippen molar-refractivity contribution in [2.24, 2.45) is 0 Å². The Hall–Kier alpha value is -5.06. The normalized spacial score (nSPS) is 14.0. The Balaban J connectivity index is 1.66.